The second-order valence-corrected chi connectivity index (χ2v) is 29.5. The van der Waals surface area contributed by atoms with Crippen LogP contribution in [0, 0.1) is 0 Å². The average molecular weight is 1280 g/mol. The number of carboxylic acid groups (broad SMARTS) is 1. The van der Waals surface area contributed by atoms with Gasteiger partial charge in [-0.2, -0.15) is 0 Å². The smallest absolute Gasteiger partial charge is 0.361 e. The number of esters is 2. The van der Waals surface area contributed by atoms with Crippen molar-refractivity contribution in [2.45, 2.75) is 456 Å². The summed E-state index contributed by atoms with van der Waals surface area (Å²) in [4.78, 5) is 37.7. The summed E-state index contributed by atoms with van der Waals surface area (Å²) in [7, 11) is 6.01. The monoisotopic (exact) mass is 1280 g/mol. The largest absolute Gasteiger partial charge is 0.477 e. The Labute approximate surface area is 562 Å². The fourth-order valence-corrected chi connectivity index (χ4v) is 12.9. The van der Waals surface area contributed by atoms with Gasteiger partial charge < -0.3 is 28.5 Å². The highest BCUT2D eigenvalue weighted by molar-refractivity contribution is 5.71. The lowest BCUT2D eigenvalue weighted by Crippen LogP contribution is -2.40. The van der Waals surface area contributed by atoms with Crippen molar-refractivity contribution in [3.05, 3.63) is 0 Å². The van der Waals surface area contributed by atoms with Crippen LogP contribution < -0.4 is 0 Å². The van der Waals surface area contributed by atoms with Crippen molar-refractivity contribution in [3.8, 4) is 0 Å². The Balaban J connectivity index is 3.94. The summed E-state index contributed by atoms with van der Waals surface area (Å²) < 4.78 is 23.1. The molecule has 90 heavy (non-hydrogen) atoms. The first-order valence-electron chi connectivity index (χ1n) is 40.7. The van der Waals surface area contributed by atoms with E-state index in [-0.39, 0.29) is 38.2 Å². The molecule has 0 aromatic heterocycles. The van der Waals surface area contributed by atoms with Gasteiger partial charge in [0.2, 0.25) is 0 Å². The molecule has 0 spiro atoms. The summed E-state index contributed by atoms with van der Waals surface area (Å²) in [6.45, 7) is 4.99. The van der Waals surface area contributed by atoms with Crippen LogP contribution in [-0.2, 0) is 33.3 Å². The van der Waals surface area contributed by atoms with Crippen LogP contribution in [-0.4, -0.2) is 87.4 Å². The highest BCUT2D eigenvalue weighted by atomic mass is 16.7. The second kappa shape index (κ2) is 73.1. The fourth-order valence-electron chi connectivity index (χ4n) is 12.9. The topological polar surface area (TPSA) is 108 Å². The first kappa shape index (κ1) is 88.3. The van der Waals surface area contributed by atoms with Crippen LogP contribution in [0.3, 0.4) is 0 Å². The van der Waals surface area contributed by atoms with Crippen molar-refractivity contribution in [2.75, 3.05) is 47.5 Å². The van der Waals surface area contributed by atoms with Crippen LogP contribution in [0.25, 0.3) is 0 Å². The molecule has 0 bridgehead atoms. The number of nitrogens with zero attached hydrogens (tertiary/aromatic N) is 1. The minimum atomic E-state index is -1.51. The third-order valence-corrected chi connectivity index (χ3v) is 19.1. The number of quaternary nitrogens is 1. The Morgan fingerprint density at radius 3 is 0.711 bits per heavy atom. The fraction of sp³-hybridized carbons (Fsp3) is 0.963. The summed E-state index contributed by atoms with van der Waals surface area (Å²) in [5.74, 6) is -1.96. The Bertz CT molecular complexity index is 1440. The van der Waals surface area contributed by atoms with Gasteiger partial charge in [-0.25, -0.2) is 4.79 Å². The molecule has 0 aromatic carbocycles. The third kappa shape index (κ3) is 73.7. The van der Waals surface area contributed by atoms with Crippen LogP contribution in [0.1, 0.15) is 444 Å². The maximum absolute atomic E-state index is 13.0. The van der Waals surface area contributed by atoms with Crippen molar-refractivity contribution < 1.29 is 42.9 Å². The van der Waals surface area contributed by atoms with Gasteiger partial charge >= 0.3 is 17.9 Å². The van der Waals surface area contributed by atoms with E-state index in [4.69, 9.17) is 18.9 Å². The van der Waals surface area contributed by atoms with Crippen molar-refractivity contribution in [2.24, 2.45) is 0 Å². The molecule has 0 aliphatic carbocycles. The van der Waals surface area contributed by atoms with E-state index >= 15 is 0 Å². The summed E-state index contributed by atoms with van der Waals surface area (Å²) in [5.41, 5.74) is 0. The maximum atomic E-state index is 13.0. The van der Waals surface area contributed by atoms with Crippen LogP contribution in [0.4, 0.5) is 0 Å². The number of carbonyl (C=O) groups excluding carboxylic acids is 2. The van der Waals surface area contributed by atoms with E-state index in [1.165, 1.54) is 379 Å². The zero-order chi connectivity index (χ0) is 65.4. The standard InChI is InChI=1S/C81H159NO8/c1-6-8-10-12-14-16-18-20-22-24-26-28-30-32-34-36-38-39-40-41-42-44-46-48-50-52-54-56-58-60-62-64-66-68-70-72-79(84)90-77(76-89-81(80(85)86)87-74-73-82(3,4)5)75-88-78(83)71-69-67-65-63-61-59-57-55-53-51-49-47-45-43-37-35-33-31-29-27-25-23-21-19-17-15-13-11-9-7-2/h77,81H,6-76H2,1-5H3/p+1. The van der Waals surface area contributed by atoms with Crippen molar-refractivity contribution in [3.63, 3.8) is 0 Å². The Morgan fingerprint density at radius 1 is 0.289 bits per heavy atom. The molecule has 0 rings (SSSR count). The molecule has 0 saturated carbocycles. The lowest BCUT2D eigenvalue weighted by Gasteiger charge is -2.25. The van der Waals surface area contributed by atoms with Gasteiger partial charge in [-0.3, -0.25) is 9.59 Å². The molecule has 9 heteroatoms. The molecule has 536 valence electrons. The highest BCUT2D eigenvalue weighted by Gasteiger charge is 2.25. The van der Waals surface area contributed by atoms with Crippen LogP contribution in [0.15, 0.2) is 0 Å². The summed E-state index contributed by atoms with van der Waals surface area (Å²) >= 11 is 0. The Morgan fingerprint density at radius 2 is 0.500 bits per heavy atom. The Kier molecular flexibility index (Phi) is 71.7. The highest BCUT2D eigenvalue weighted by Crippen LogP contribution is 2.21. The normalized spacial score (nSPS) is 12.5. The number of aliphatic carboxylic acids is 1. The van der Waals surface area contributed by atoms with E-state index in [9.17, 15) is 19.5 Å². The quantitative estimate of drug-likeness (QED) is 0.0278. The van der Waals surface area contributed by atoms with Crippen molar-refractivity contribution in [1.29, 1.82) is 0 Å². The zero-order valence-corrected chi connectivity index (χ0v) is 61.6. The number of ether oxygens (including phenoxy) is 4. The first-order valence-corrected chi connectivity index (χ1v) is 40.7. The molecule has 0 aliphatic heterocycles. The maximum Gasteiger partial charge on any atom is 0.361 e. The van der Waals surface area contributed by atoms with Gasteiger partial charge in [-0.1, -0.05) is 418 Å². The van der Waals surface area contributed by atoms with E-state index < -0.39 is 18.4 Å². The number of hydrogen-bond donors (Lipinski definition) is 1. The number of likely N-dealkylation sites (N-methyl/N-ethyl adjacent to an activating group) is 1. The number of hydrogen-bond acceptors (Lipinski definition) is 7. The van der Waals surface area contributed by atoms with Gasteiger partial charge in [-0.15, -0.1) is 0 Å². The molecular formula is C81H160NO8+. The molecule has 0 radical (unpaired) electrons. The van der Waals surface area contributed by atoms with Crippen molar-refractivity contribution >= 4 is 17.9 Å². The molecule has 0 fully saturated rings. The predicted molar refractivity (Wildman–Crippen MR) is 388 cm³/mol. The minimum absolute atomic E-state index is 0.172. The van der Waals surface area contributed by atoms with Crippen LogP contribution in [0.2, 0.25) is 0 Å². The second-order valence-electron chi connectivity index (χ2n) is 29.5. The van der Waals surface area contributed by atoms with Gasteiger partial charge in [0.15, 0.2) is 6.10 Å². The molecule has 0 saturated heterocycles. The first-order chi connectivity index (χ1) is 44.1. The molecule has 9 nitrogen and oxygen atoms in total. The molecule has 0 aromatic rings. The van der Waals surface area contributed by atoms with Gasteiger partial charge in [-0.05, 0) is 12.8 Å². The summed E-state index contributed by atoms with van der Waals surface area (Å²) in [6.07, 6.45) is 87.1. The molecule has 2 unspecified atom stereocenters. The number of rotatable bonds is 78. The molecule has 1 N–H and O–H groups in total. The third-order valence-electron chi connectivity index (χ3n) is 19.1. The van der Waals surface area contributed by atoms with Gasteiger partial charge in [0.1, 0.15) is 13.2 Å². The zero-order valence-electron chi connectivity index (χ0n) is 61.6. The molecular weight excluding hydrogens is 1110 g/mol. The molecule has 2 atom stereocenters. The van der Waals surface area contributed by atoms with Crippen molar-refractivity contribution in [1.82, 2.24) is 0 Å². The Hall–Kier alpha value is -1.71. The summed E-state index contributed by atoms with van der Waals surface area (Å²) in [6, 6.07) is 0. The number of unbranched alkanes of at least 4 members (excludes halogenated alkanes) is 63. The van der Waals surface area contributed by atoms with E-state index in [1.54, 1.807) is 0 Å². The predicted octanol–water partition coefficient (Wildman–Crippen LogP) is 25.8. The van der Waals surface area contributed by atoms with Gasteiger partial charge in [0.25, 0.3) is 6.29 Å². The molecule has 0 amide bonds. The lowest BCUT2D eigenvalue weighted by molar-refractivity contribution is -0.870. The number of carbonyl (C=O) groups is 3. The lowest BCUT2D eigenvalue weighted by atomic mass is 10.0. The van der Waals surface area contributed by atoms with Crippen LogP contribution >= 0.6 is 0 Å². The van der Waals surface area contributed by atoms with E-state index in [0.29, 0.717) is 17.4 Å². The molecule has 0 heterocycles. The summed E-state index contributed by atoms with van der Waals surface area (Å²) in [5, 5.41) is 9.77. The van der Waals surface area contributed by atoms with Gasteiger partial charge in [0, 0.05) is 12.8 Å². The van der Waals surface area contributed by atoms with Gasteiger partial charge in [0.05, 0.1) is 34.4 Å². The SMILES string of the molecule is CCCCCCCCCCCCCCCCCCCCCCCCCCCCCCCCCCCCCC(=O)OC(COC(=O)CCCCCCCCCCCCCCCCCCCCCCCCCCCCCCCC)COC(OCC[N+](C)(C)C)C(=O)O. The number of carboxylic acids is 1. The van der Waals surface area contributed by atoms with Crippen LogP contribution in [0.5, 0.6) is 0 Å². The van der Waals surface area contributed by atoms with E-state index in [0.717, 1.165) is 38.5 Å². The minimum Gasteiger partial charge on any atom is -0.477 e. The average Bonchev–Trinajstić information content (AvgIpc) is 3.73. The van der Waals surface area contributed by atoms with E-state index in [2.05, 4.69) is 13.8 Å². The molecule has 0 aliphatic rings. The van der Waals surface area contributed by atoms with E-state index in [1.807, 2.05) is 21.1 Å².